The summed E-state index contributed by atoms with van der Waals surface area (Å²) in [6, 6.07) is 4.39. The Hall–Kier alpha value is -1.53. The van der Waals surface area contributed by atoms with Gasteiger partial charge in [-0.2, -0.15) is 0 Å². The molecular formula is C13H21NO4Si. The highest BCUT2D eigenvalue weighted by Gasteiger charge is 2.22. The monoisotopic (exact) mass is 283 g/mol. The van der Waals surface area contributed by atoms with Gasteiger partial charge in [0.25, 0.3) is 0 Å². The van der Waals surface area contributed by atoms with E-state index >= 15 is 0 Å². The molecule has 0 heterocycles. The van der Waals surface area contributed by atoms with E-state index in [1.807, 2.05) is 0 Å². The quantitative estimate of drug-likeness (QED) is 0.662. The van der Waals surface area contributed by atoms with Crippen LogP contribution < -0.4 is 14.9 Å². The molecule has 5 nitrogen and oxygen atoms in total. The summed E-state index contributed by atoms with van der Waals surface area (Å²) < 4.78 is 15.8. The van der Waals surface area contributed by atoms with Crippen molar-refractivity contribution in [2.45, 2.75) is 25.7 Å². The van der Waals surface area contributed by atoms with Gasteiger partial charge in [-0.15, -0.1) is 0 Å². The molecule has 0 bridgehead atoms. The second kappa shape index (κ2) is 6.07. The van der Waals surface area contributed by atoms with Crippen LogP contribution in [0.3, 0.4) is 0 Å². The minimum atomic E-state index is -1.78. The van der Waals surface area contributed by atoms with Crippen LogP contribution in [0.1, 0.15) is 11.6 Å². The first kappa shape index (κ1) is 15.5. The average Bonchev–Trinajstić information content (AvgIpc) is 2.35. The molecule has 19 heavy (non-hydrogen) atoms. The van der Waals surface area contributed by atoms with Gasteiger partial charge in [0.05, 0.1) is 14.2 Å². The number of esters is 1. The van der Waals surface area contributed by atoms with E-state index in [-0.39, 0.29) is 0 Å². The van der Waals surface area contributed by atoms with Crippen molar-refractivity contribution in [1.29, 1.82) is 0 Å². The number of rotatable bonds is 5. The summed E-state index contributed by atoms with van der Waals surface area (Å²) in [7, 11) is 1.11. The average molecular weight is 283 g/mol. The van der Waals surface area contributed by atoms with Gasteiger partial charge >= 0.3 is 5.97 Å². The molecule has 6 heteroatoms. The lowest BCUT2D eigenvalue weighted by Crippen LogP contribution is -2.30. The molecule has 0 aromatic heterocycles. The van der Waals surface area contributed by atoms with E-state index in [4.69, 9.17) is 14.9 Å². The molecule has 0 radical (unpaired) electrons. The second-order valence-electron chi connectivity index (χ2n) is 5.13. The van der Waals surface area contributed by atoms with Crippen molar-refractivity contribution in [2.24, 2.45) is 5.73 Å². The zero-order valence-electron chi connectivity index (χ0n) is 12.0. The van der Waals surface area contributed by atoms with Crippen LogP contribution in [-0.4, -0.2) is 28.5 Å². The van der Waals surface area contributed by atoms with E-state index in [0.29, 0.717) is 17.1 Å². The lowest BCUT2D eigenvalue weighted by Gasteiger charge is -2.22. The number of hydrogen-bond donors (Lipinski definition) is 1. The van der Waals surface area contributed by atoms with Crippen LogP contribution in [0.25, 0.3) is 0 Å². The molecule has 1 aromatic carbocycles. The first-order valence-electron chi connectivity index (χ1n) is 5.99. The fraction of sp³-hybridized carbons (Fsp3) is 0.462. The van der Waals surface area contributed by atoms with Gasteiger partial charge in [-0.1, -0.05) is 6.07 Å². The van der Waals surface area contributed by atoms with Gasteiger partial charge in [-0.3, -0.25) is 4.79 Å². The smallest absolute Gasteiger partial charge is 0.327 e. The van der Waals surface area contributed by atoms with Gasteiger partial charge in [0.15, 0.2) is 5.75 Å². The summed E-state index contributed by atoms with van der Waals surface area (Å²) in [5, 5.41) is 0. The maximum atomic E-state index is 11.5. The van der Waals surface area contributed by atoms with Gasteiger partial charge in [0.1, 0.15) is 11.8 Å². The number of hydrogen-bond acceptors (Lipinski definition) is 5. The first-order valence-corrected chi connectivity index (χ1v) is 9.39. The number of ether oxygens (including phenoxy) is 2. The Morgan fingerprint density at radius 2 is 1.84 bits per heavy atom. The van der Waals surface area contributed by atoms with Crippen molar-refractivity contribution in [1.82, 2.24) is 0 Å². The fourth-order valence-corrected chi connectivity index (χ4v) is 2.38. The van der Waals surface area contributed by atoms with Crippen LogP contribution in [0.15, 0.2) is 18.2 Å². The summed E-state index contributed by atoms with van der Waals surface area (Å²) >= 11 is 0. The highest BCUT2D eigenvalue weighted by atomic mass is 28.4. The summed E-state index contributed by atoms with van der Waals surface area (Å²) in [5.74, 6) is 0.755. The molecule has 0 aliphatic carbocycles. The van der Waals surface area contributed by atoms with Crippen LogP contribution in [0.5, 0.6) is 11.5 Å². The molecule has 1 unspecified atom stereocenters. The van der Waals surface area contributed by atoms with Crippen molar-refractivity contribution < 1.29 is 18.7 Å². The molecule has 2 N–H and O–H groups in total. The molecule has 1 aromatic rings. The van der Waals surface area contributed by atoms with E-state index in [0.717, 1.165) is 0 Å². The zero-order valence-corrected chi connectivity index (χ0v) is 13.0. The number of carbonyl (C=O) groups is 1. The van der Waals surface area contributed by atoms with Gasteiger partial charge in [-0.25, -0.2) is 0 Å². The second-order valence-corrected chi connectivity index (χ2v) is 9.55. The van der Waals surface area contributed by atoms with Crippen molar-refractivity contribution in [3.8, 4) is 11.5 Å². The number of benzene rings is 1. The Labute approximate surface area is 114 Å². The van der Waals surface area contributed by atoms with Crippen LogP contribution in [-0.2, 0) is 9.53 Å². The topological polar surface area (TPSA) is 70.8 Å². The Morgan fingerprint density at radius 3 is 2.32 bits per heavy atom. The standard InChI is InChI=1S/C13H21NO4Si/c1-16-10-7-6-9(12(14)13(15)17-2)8-11(10)18-19(3,4)5/h6-8,12H,14H2,1-5H3. The Morgan fingerprint density at radius 1 is 1.21 bits per heavy atom. The summed E-state index contributed by atoms with van der Waals surface area (Å²) in [6.07, 6.45) is 0. The normalized spacial score (nSPS) is 12.7. The lowest BCUT2D eigenvalue weighted by molar-refractivity contribution is -0.142. The minimum absolute atomic E-state index is 0.482. The van der Waals surface area contributed by atoms with Crippen molar-refractivity contribution >= 4 is 14.3 Å². The highest BCUT2D eigenvalue weighted by Crippen LogP contribution is 2.32. The summed E-state index contributed by atoms with van der Waals surface area (Å²) in [6.45, 7) is 6.21. The van der Waals surface area contributed by atoms with Gasteiger partial charge < -0.3 is 19.6 Å². The Kier molecular flexibility index (Phi) is 4.96. The van der Waals surface area contributed by atoms with E-state index < -0.39 is 20.3 Å². The number of nitrogens with two attached hydrogens (primary N) is 1. The molecular weight excluding hydrogens is 262 g/mol. The van der Waals surface area contributed by atoms with E-state index in [9.17, 15) is 4.79 Å². The Bertz CT molecular complexity index is 456. The van der Waals surface area contributed by atoms with Crippen molar-refractivity contribution in [3.05, 3.63) is 23.8 Å². The van der Waals surface area contributed by atoms with Gasteiger partial charge in [-0.05, 0) is 37.3 Å². The molecule has 106 valence electrons. The number of methoxy groups -OCH3 is 2. The summed E-state index contributed by atoms with van der Waals surface area (Å²) in [5.41, 5.74) is 6.45. The van der Waals surface area contributed by atoms with Crippen molar-refractivity contribution in [2.75, 3.05) is 14.2 Å². The van der Waals surface area contributed by atoms with E-state index in [2.05, 4.69) is 24.4 Å². The first-order chi connectivity index (χ1) is 8.78. The molecule has 0 saturated carbocycles. The molecule has 0 fully saturated rings. The third kappa shape index (κ3) is 4.25. The molecule has 0 aliphatic rings. The van der Waals surface area contributed by atoms with E-state index in [1.54, 1.807) is 25.3 Å². The fourth-order valence-electron chi connectivity index (χ4n) is 1.56. The van der Waals surface area contributed by atoms with Gasteiger partial charge in [0, 0.05) is 0 Å². The van der Waals surface area contributed by atoms with Gasteiger partial charge in [0.2, 0.25) is 8.32 Å². The van der Waals surface area contributed by atoms with Crippen LogP contribution in [0, 0.1) is 0 Å². The molecule has 0 spiro atoms. The third-order valence-electron chi connectivity index (χ3n) is 2.42. The SMILES string of the molecule is COC(=O)C(N)c1ccc(OC)c(O[Si](C)(C)C)c1. The highest BCUT2D eigenvalue weighted by molar-refractivity contribution is 6.70. The molecule has 0 aliphatic heterocycles. The van der Waals surface area contributed by atoms with Crippen molar-refractivity contribution in [3.63, 3.8) is 0 Å². The molecule has 1 atom stereocenters. The predicted octanol–water partition coefficient (Wildman–Crippen LogP) is 2.08. The zero-order chi connectivity index (χ0) is 14.6. The molecule has 1 rings (SSSR count). The molecule has 0 amide bonds. The van der Waals surface area contributed by atoms with Crippen LogP contribution >= 0.6 is 0 Å². The largest absolute Gasteiger partial charge is 0.542 e. The van der Waals surface area contributed by atoms with Crippen LogP contribution in [0.4, 0.5) is 0 Å². The molecule has 0 saturated heterocycles. The third-order valence-corrected chi connectivity index (χ3v) is 3.25. The summed E-state index contributed by atoms with van der Waals surface area (Å²) in [4.78, 5) is 11.5. The minimum Gasteiger partial charge on any atom is -0.542 e. The maximum absolute atomic E-state index is 11.5. The van der Waals surface area contributed by atoms with E-state index in [1.165, 1.54) is 7.11 Å². The van der Waals surface area contributed by atoms with Crippen LogP contribution in [0.2, 0.25) is 19.6 Å². The maximum Gasteiger partial charge on any atom is 0.327 e. The lowest BCUT2D eigenvalue weighted by atomic mass is 10.1. The Balaban J connectivity index is 3.11. The number of carbonyl (C=O) groups excluding carboxylic acids is 1. The predicted molar refractivity (Wildman–Crippen MR) is 75.9 cm³/mol.